The third kappa shape index (κ3) is 3.35. The summed E-state index contributed by atoms with van der Waals surface area (Å²) < 4.78 is 1.74. The van der Waals surface area contributed by atoms with Crippen molar-refractivity contribution in [3.8, 4) is 0 Å². The molecule has 0 spiro atoms. The van der Waals surface area contributed by atoms with E-state index in [0.717, 1.165) is 31.7 Å². The van der Waals surface area contributed by atoms with Crippen molar-refractivity contribution >= 4 is 34.9 Å². The second-order valence-electron chi connectivity index (χ2n) is 5.98. The van der Waals surface area contributed by atoms with Gasteiger partial charge >= 0.3 is 0 Å². The number of piperidine rings is 1. The van der Waals surface area contributed by atoms with Crippen molar-refractivity contribution in [2.45, 2.75) is 18.9 Å². The summed E-state index contributed by atoms with van der Waals surface area (Å²) in [7, 11) is 3.67. The first-order chi connectivity index (χ1) is 11.5. The highest BCUT2D eigenvalue weighted by Gasteiger charge is 2.28. The molecular formula is C16H19Cl2N5O. The number of amides is 1. The molecule has 3 rings (SSSR count). The molecule has 6 nitrogen and oxygen atoms in total. The van der Waals surface area contributed by atoms with Gasteiger partial charge in [-0.1, -0.05) is 23.2 Å². The fourth-order valence-electron chi connectivity index (χ4n) is 3.01. The molecule has 0 N–H and O–H groups in total. The van der Waals surface area contributed by atoms with E-state index in [-0.39, 0.29) is 11.9 Å². The molecule has 1 fully saturated rings. The average molecular weight is 368 g/mol. The van der Waals surface area contributed by atoms with Crippen LogP contribution in [0.15, 0.2) is 24.8 Å². The van der Waals surface area contributed by atoms with Crippen LogP contribution in [0.1, 0.15) is 23.3 Å². The fourth-order valence-corrected chi connectivity index (χ4v) is 3.51. The number of hydrogen-bond acceptors (Lipinski definition) is 4. The lowest BCUT2D eigenvalue weighted by atomic mass is 10.0. The maximum atomic E-state index is 12.6. The highest BCUT2D eigenvalue weighted by molar-refractivity contribution is 6.36. The first kappa shape index (κ1) is 17.0. The second kappa shape index (κ2) is 6.99. The lowest BCUT2D eigenvalue weighted by molar-refractivity contribution is 0.0699. The quantitative estimate of drug-likeness (QED) is 0.836. The zero-order valence-corrected chi connectivity index (χ0v) is 15.1. The van der Waals surface area contributed by atoms with Crippen LogP contribution in [0.4, 0.5) is 5.82 Å². The number of aryl methyl sites for hydroxylation is 1. The average Bonchev–Trinajstić information content (AvgIpc) is 3.00. The number of pyridine rings is 1. The van der Waals surface area contributed by atoms with E-state index >= 15 is 0 Å². The van der Waals surface area contributed by atoms with E-state index in [9.17, 15) is 4.79 Å². The van der Waals surface area contributed by atoms with Gasteiger partial charge in [0.1, 0.15) is 11.5 Å². The summed E-state index contributed by atoms with van der Waals surface area (Å²) in [5.74, 6) is 0.747. The zero-order valence-electron chi connectivity index (χ0n) is 13.6. The molecule has 0 radical (unpaired) electrons. The van der Waals surface area contributed by atoms with Crippen molar-refractivity contribution in [1.29, 1.82) is 0 Å². The van der Waals surface area contributed by atoms with E-state index in [4.69, 9.17) is 23.2 Å². The van der Waals surface area contributed by atoms with E-state index in [1.54, 1.807) is 29.4 Å². The summed E-state index contributed by atoms with van der Waals surface area (Å²) >= 11 is 12.1. The molecule has 0 atom stereocenters. The van der Waals surface area contributed by atoms with Gasteiger partial charge in [-0.3, -0.25) is 4.79 Å². The summed E-state index contributed by atoms with van der Waals surface area (Å²) in [5, 5.41) is 1.08. The first-order valence-corrected chi connectivity index (χ1v) is 8.52. The van der Waals surface area contributed by atoms with Gasteiger partial charge in [-0.2, -0.15) is 0 Å². The summed E-state index contributed by atoms with van der Waals surface area (Å²) in [6, 6.07) is 1.89. The van der Waals surface area contributed by atoms with E-state index in [1.165, 1.54) is 0 Å². The number of halogens is 2. The van der Waals surface area contributed by atoms with Gasteiger partial charge in [0, 0.05) is 39.4 Å². The molecular weight excluding hydrogens is 349 g/mol. The van der Waals surface area contributed by atoms with Crippen LogP contribution in [0.5, 0.6) is 0 Å². The number of carbonyl (C=O) groups is 1. The molecule has 0 aromatic carbocycles. The van der Waals surface area contributed by atoms with Gasteiger partial charge in [-0.15, -0.1) is 0 Å². The maximum absolute atomic E-state index is 12.6. The summed E-state index contributed by atoms with van der Waals surface area (Å²) in [5.41, 5.74) is 0.599. The molecule has 8 heteroatoms. The van der Waals surface area contributed by atoms with Crippen LogP contribution in [0, 0.1) is 0 Å². The number of rotatable bonds is 3. The molecule has 0 saturated carbocycles. The van der Waals surface area contributed by atoms with E-state index in [2.05, 4.69) is 14.9 Å². The molecule has 1 aliphatic rings. The van der Waals surface area contributed by atoms with Crippen molar-refractivity contribution in [2.24, 2.45) is 7.05 Å². The lowest BCUT2D eigenvalue weighted by Gasteiger charge is -2.37. The topological polar surface area (TPSA) is 54.3 Å². The molecule has 24 heavy (non-hydrogen) atoms. The van der Waals surface area contributed by atoms with E-state index in [0.29, 0.717) is 15.7 Å². The second-order valence-corrected chi connectivity index (χ2v) is 6.83. The van der Waals surface area contributed by atoms with Crippen LogP contribution in [0.25, 0.3) is 0 Å². The predicted molar refractivity (Wildman–Crippen MR) is 94.8 cm³/mol. The Kier molecular flexibility index (Phi) is 4.96. The number of imidazole rings is 1. The molecule has 1 saturated heterocycles. The molecule has 1 amide bonds. The molecule has 2 aromatic heterocycles. The molecule has 1 aliphatic heterocycles. The Morgan fingerprint density at radius 2 is 2.00 bits per heavy atom. The van der Waals surface area contributed by atoms with Crippen LogP contribution >= 0.6 is 23.2 Å². The third-order valence-corrected chi connectivity index (χ3v) is 4.94. The number of nitrogens with zero attached hydrogens (tertiary/aromatic N) is 5. The summed E-state index contributed by atoms with van der Waals surface area (Å²) in [4.78, 5) is 24.9. The van der Waals surface area contributed by atoms with Gasteiger partial charge in [0.05, 0.1) is 22.6 Å². The summed E-state index contributed by atoms with van der Waals surface area (Å²) in [6.45, 7) is 1.59. The normalized spacial score (nSPS) is 15.6. The van der Waals surface area contributed by atoms with E-state index in [1.807, 2.05) is 19.0 Å². The van der Waals surface area contributed by atoms with Gasteiger partial charge in [-0.05, 0) is 18.9 Å². The smallest absolute Gasteiger partial charge is 0.272 e. The van der Waals surface area contributed by atoms with Crippen LogP contribution in [0.2, 0.25) is 10.0 Å². The Morgan fingerprint density at radius 1 is 1.29 bits per heavy atom. The van der Waals surface area contributed by atoms with Crippen molar-refractivity contribution in [3.05, 3.63) is 40.5 Å². The Hall–Kier alpha value is -1.79. The monoisotopic (exact) mass is 367 g/mol. The van der Waals surface area contributed by atoms with Gasteiger partial charge in [-0.25, -0.2) is 9.97 Å². The first-order valence-electron chi connectivity index (χ1n) is 7.77. The SMILES string of the molecule is CN(C(=O)c1cncn1C)C1CCN(c2ncc(Cl)cc2Cl)CC1. The maximum Gasteiger partial charge on any atom is 0.272 e. The Balaban J connectivity index is 1.64. The minimum Gasteiger partial charge on any atom is -0.355 e. The minimum atomic E-state index is -0.00361. The predicted octanol–water partition coefficient (Wildman–Crippen LogP) is 2.86. The van der Waals surface area contributed by atoms with Crippen molar-refractivity contribution in [3.63, 3.8) is 0 Å². The van der Waals surface area contributed by atoms with Gasteiger partial charge in [0.2, 0.25) is 0 Å². The third-order valence-electron chi connectivity index (χ3n) is 4.46. The van der Waals surface area contributed by atoms with Crippen LogP contribution in [0.3, 0.4) is 0 Å². The Bertz CT molecular complexity index is 740. The highest BCUT2D eigenvalue weighted by Crippen LogP contribution is 2.29. The molecule has 3 heterocycles. The van der Waals surface area contributed by atoms with Crippen LogP contribution < -0.4 is 4.90 Å². The molecule has 0 bridgehead atoms. The van der Waals surface area contributed by atoms with Crippen molar-refractivity contribution < 1.29 is 4.79 Å². The number of anilines is 1. The molecule has 128 valence electrons. The fraction of sp³-hybridized carbons (Fsp3) is 0.438. The van der Waals surface area contributed by atoms with E-state index < -0.39 is 0 Å². The Labute approximate surface area is 151 Å². The molecule has 0 aliphatic carbocycles. The number of hydrogen-bond donors (Lipinski definition) is 0. The lowest BCUT2D eigenvalue weighted by Crippen LogP contribution is -2.46. The zero-order chi connectivity index (χ0) is 17.3. The van der Waals surface area contributed by atoms with Crippen molar-refractivity contribution in [2.75, 3.05) is 25.0 Å². The summed E-state index contributed by atoms with van der Waals surface area (Å²) in [6.07, 6.45) is 6.57. The minimum absolute atomic E-state index is 0.00361. The molecule has 2 aromatic rings. The number of carbonyl (C=O) groups excluding carboxylic acids is 1. The van der Waals surface area contributed by atoms with Gasteiger partial charge < -0.3 is 14.4 Å². The van der Waals surface area contributed by atoms with Crippen molar-refractivity contribution in [1.82, 2.24) is 19.4 Å². The van der Waals surface area contributed by atoms with Crippen LogP contribution in [-0.4, -0.2) is 51.5 Å². The van der Waals surface area contributed by atoms with Gasteiger partial charge in [0.25, 0.3) is 5.91 Å². The molecule has 0 unspecified atom stereocenters. The van der Waals surface area contributed by atoms with Gasteiger partial charge in [0.15, 0.2) is 0 Å². The Morgan fingerprint density at radius 3 is 2.58 bits per heavy atom. The standard InChI is InChI=1S/C16H19Cl2N5O/c1-21-10-19-9-14(21)16(24)22(2)12-3-5-23(6-4-12)15-13(18)7-11(17)8-20-15/h7-10,12H,3-6H2,1-2H3. The van der Waals surface area contributed by atoms with Crippen LogP contribution in [-0.2, 0) is 7.05 Å². The number of aromatic nitrogens is 3. The largest absolute Gasteiger partial charge is 0.355 e. The highest BCUT2D eigenvalue weighted by atomic mass is 35.5.